The van der Waals surface area contributed by atoms with Crippen molar-refractivity contribution in [3.63, 3.8) is 0 Å². The van der Waals surface area contributed by atoms with Crippen LogP contribution in [0.4, 0.5) is 0 Å². The number of methoxy groups -OCH3 is 2. The Balaban J connectivity index is 2.43. The smallest absolute Gasteiger partial charge is 0.255 e. The van der Waals surface area contributed by atoms with Crippen LogP contribution in [0.1, 0.15) is 12.0 Å². The van der Waals surface area contributed by atoms with Crippen molar-refractivity contribution >= 4 is 0 Å². The maximum atomic E-state index is 12.5. The van der Waals surface area contributed by atoms with Gasteiger partial charge in [-0.25, -0.2) is 0 Å². The fourth-order valence-electron chi connectivity index (χ4n) is 2.38. The third-order valence-electron chi connectivity index (χ3n) is 3.59. The highest BCUT2D eigenvalue weighted by molar-refractivity contribution is 5.61. The Morgan fingerprint density at radius 3 is 2.41 bits per heavy atom. The summed E-state index contributed by atoms with van der Waals surface area (Å²) in [7, 11) is 3.29. The lowest BCUT2D eigenvalue weighted by Crippen LogP contribution is -2.27. The van der Waals surface area contributed by atoms with Crippen LogP contribution in [0.25, 0.3) is 11.3 Å². The number of ether oxygens (including phenoxy) is 2. The van der Waals surface area contributed by atoms with Crippen LogP contribution >= 0.6 is 0 Å². The fourth-order valence-corrected chi connectivity index (χ4v) is 2.38. The maximum Gasteiger partial charge on any atom is 0.255 e. The van der Waals surface area contributed by atoms with Gasteiger partial charge in [-0.15, -0.1) is 0 Å². The maximum absolute atomic E-state index is 12.5. The van der Waals surface area contributed by atoms with Gasteiger partial charge in [-0.05, 0) is 42.3 Å². The summed E-state index contributed by atoms with van der Waals surface area (Å²) < 4.78 is 12.0. The molecule has 0 saturated heterocycles. The van der Waals surface area contributed by atoms with Crippen LogP contribution in [0, 0.1) is 0 Å². The molecule has 1 aromatic heterocycles. The van der Waals surface area contributed by atoms with Crippen LogP contribution in [0.15, 0.2) is 41.2 Å². The average molecular weight is 302 g/mol. The molecule has 2 N–H and O–H groups in total. The van der Waals surface area contributed by atoms with Crippen LogP contribution in [0.5, 0.6) is 5.75 Å². The Hall–Kier alpha value is -2.11. The Morgan fingerprint density at radius 2 is 1.82 bits per heavy atom. The molecule has 0 amide bonds. The summed E-state index contributed by atoms with van der Waals surface area (Å²) in [5, 5.41) is 0. The second-order valence-corrected chi connectivity index (χ2v) is 4.98. The number of pyridine rings is 1. The molecule has 5 nitrogen and oxygen atoms in total. The predicted octanol–water partition coefficient (Wildman–Crippen LogP) is 2.02. The summed E-state index contributed by atoms with van der Waals surface area (Å²) in [5.74, 6) is 0.788. The van der Waals surface area contributed by atoms with Crippen LogP contribution in [-0.2, 0) is 17.8 Å². The molecular weight excluding hydrogens is 280 g/mol. The molecule has 22 heavy (non-hydrogen) atoms. The molecule has 2 aromatic rings. The van der Waals surface area contributed by atoms with Gasteiger partial charge in [0, 0.05) is 32.4 Å². The van der Waals surface area contributed by atoms with Crippen molar-refractivity contribution in [2.45, 2.75) is 19.5 Å². The molecule has 1 aromatic carbocycles. The van der Waals surface area contributed by atoms with Crippen molar-refractivity contribution in [1.29, 1.82) is 0 Å². The Morgan fingerprint density at radius 1 is 1.09 bits per heavy atom. The molecule has 0 aliphatic carbocycles. The minimum absolute atomic E-state index is 0.0353. The van der Waals surface area contributed by atoms with Crippen LogP contribution in [0.3, 0.4) is 0 Å². The summed E-state index contributed by atoms with van der Waals surface area (Å²) in [4.78, 5) is 12.5. The molecule has 1 heterocycles. The van der Waals surface area contributed by atoms with Crippen LogP contribution in [0.2, 0.25) is 0 Å². The van der Waals surface area contributed by atoms with E-state index >= 15 is 0 Å². The Labute approximate surface area is 130 Å². The molecule has 0 bridgehead atoms. The van der Waals surface area contributed by atoms with Gasteiger partial charge in [0.15, 0.2) is 0 Å². The normalized spacial score (nSPS) is 10.7. The SMILES string of the molecule is COCCCn1c(-c2ccc(OC)cc2)ccc(CN)c1=O. The van der Waals surface area contributed by atoms with Crippen LogP contribution in [-0.4, -0.2) is 25.4 Å². The number of nitrogens with two attached hydrogens (primary N) is 1. The van der Waals surface area contributed by atoms with Crippen LogP contribution < -0.4 is 16.0 Å². The molecule has 0 aliphatic heterocycles. The fraction of sp³-hybridized carbons (Fsp3) is 0.353. The van der Waals surface area contributed by atoms with Gasteiger partial charge in [0.05, 0.1) is 12.8 Å². The van der Waals surface area contributed by atoms with Gasteiger partial charge in [0.2, 0.25) is 0 Å². The first-order valence-corrected chi connectivity index (χ1v) is 7.27. The summed E-state index contributed by atoms with van der Waals surface area (Å²) in [6.07, 6.45) is 0.771. The van der Waals surface area contributed by atoms with Gasteiger partial charge < -0.3 is 19.8 Å². The van der Waals surface area contributed by atoms with Gasteiger partial charge in [-0.3, -0.25) is 4.79 Å². The molecule has 0 unspecified atom stereocenters. The quantitative estimate of drug-likeness (QED) is 0.795. The number of benzene rings is 1. The predicted molar refractivity (Wildman–Crippen MR) is 87.1 cm³/mol. The molecule has 0 spiro atoms. The van der Waals surface area contributed by atoms with E-state index in [-0.39, 0.29) is 12.1 Å². The van der Waals surface area contributed by atoms with Gasteiger partial charge >= 0.3 is 0 Å². The minimum Gasteiger partial charge on any atom is -0.497 e. The first-order chi connectivity index (χ1) is 10.7. The summed E-state index contributed by atoms with van der Waals surface area (Å²) in [5.41, 5.74) is 8.08. The summed E-state index contributed by atoms with van der Waals surface area (Å²) >= 11 is 0. The third kappa shape index (κ3) is 3.55. The lowest BCUT2D eigenvalue weighted by Gasteiger charge is -2.15. The molecule has 0 aliphatic rings. The van der Waals surface area contributed by atoms with Crippen molar-refractivity contribution in [2.24, 2.45) is 5.73 Å². The van der Waals surface area contributed by atoms with E-state index in [0.29, 0.717) is 18.7 Å². The van der Waals surface area contributed by atoms with Gasteiger partial charge in [0.1, 0.15) is 5.75 Å². The molecule has 0 fully saturated rings. The molecule has 0 radical (unpaired) electrons. The Kier molecular flexibility index (Phi) is 5.75. The highest BCUT2D eigenvalue weighted by Crippen LogP contribution is 2.22. The summed E-state index contributed by atoms with van der Waals surface area (Å²) in [6.45, 7) is 1.45. The zero-order valence-electron chi connectivity index (χ0n) is 13.0. The van der Waals surface area contributed by atoms with Crippen molar-refractivity contribution in [3.8, 4) is 17.0 Å². The Bertz CT molecular complexity index is 663. The summed E-state index contributed by atoms with van der Waals surface area (Å²) in [6, 6.07) is 11.4. The monoisotopic (exact) mass is 302 g/mol. The molecule has 5 heteroatoms. The largest absolute Gasteiger partial charge is 0.497 e. The van der Waals surface area contributed by atoms with Gasteiger partial charge in [0.25, 0.3) is 5.56 Å². The molecule has 118 valence electrons. The van der Waals surface area contributed by atoms with Crippen molar-refractivity contribution < 1.29 is 9.47 Å². The number of aromatic nitrogens is 1. The highest BCUT2D eigenvalue weighted by Gasteiger charge is 2.10. The first-order valence-electron chi connectivity index (χ1n) is 7.27. The second kappa shape index (κ2) is 7.77. The highest BCUT2D eigenvalue weighted by atomic mass is 16.5. The topological polar surface area (TPSA) is 66.5 Å². The van der Waals surface area contributed by atoms with E-state index in [2.05, 4.69) is 0 Å². The molecule has 0 atom stereocenters. The van der Waals surface area contributed by atoms with Crippen molar-refractivity contribution in [3.05, 3.63) is 52.3 Å². The van der Waals surface area contributed by atoms with E-state index in [1.807, 2.05) is 30.3 Å². The second-order valence-electron chi connectivity index (χ2n) is 4.98. The number of hydrogen-bond donors (Lipinski definition) is 1. The minimum atomic E-state index is -0.0353. The molecule has 2 rings (SSSR count). The lowest BCUT2D eigenvalue weighted by atomic mass is 10.1. The van der Waals surface area contributed by atoms with Crippen molar-refractivity contribution in [1.82, 2.24) is 4.57 Å². The molecule has 0 saturated carbocycles. The average Bonchev–Trinajstić information content (AvgIpc) is 2.56. The van der Waals surface area contributed by atoms with E-state index in [4.69, 9.17) is 15.2 Å². The zero-order valence-corrected chi connectivity index (χ0v) is 13.0. The lowest BCUT2D eigenvalue weighted by molar-refractivity contribution is 0.190. The van der Waals surface area contributed by atoms with E-state index in [0.717, 1.165) is 23.4 Å². The van der Waals surface area contributed by atoms with E-state index in [1.54, 1.807) is 24.9 Å². The number of hydrogen-bond acceptors (Lipinski definition) is 4. The van der Waals surface area contributed by atoms with E-state index in [9.17, 15) is 4.79 Å². The van der Waals surface area contributed by atoms with Gasteiger partial charge in [-0.1, -0.05) is 6.07 Å². The molecular formula is C17H22N2O3. The van der Waals surface area contributed by atoms with E-state index in [1.165, 1.54) is 0 Å². The number of rotatable bonds is 7. The number of nitrogens with zero attached hydrogens (tertiary/aromatic N) is 1. The third-order valence-corrected chi connectivity index (χ3v) is 3.59. The first kappa shape index (κ1) is 16.3. The van der Waals surface area contributed by atoms with E-state index < -0.39 is 0 Å². The van der Waals surface area contributed by atoms with Crippen molar-refractivity contribution in [2.75, 3.05) is 20.8 Å². The van der Waals surface area contributed by atoms with Gasteiger partial charge in [-0.2, -0.15) is 0 Å². The standard InChI is InChI=1S/C17H22N2O3/c1-21-11-3-10-19-16(9-6-14(12-18)17(19)20)13-4-7-15(22-2)8-5-13/h4-9H,3,10-12,18H2,1-2H3. The zero-order chi connectivity index (χ0) is 15.9.